The van der Waals surface area contributed by atoms with Gasteiger partial charge in [-0.05, 0) is 55.3 Å². The summed E-state index contributed by atoms with van der Waals surface area (Å²) in [5.41, 5.74) is 2.46. The van der Waals surface area contributed by atoms with E-state index >= 15 is 0 Å². The third-order valence-electron chi connectivity index (χ3n) is 3.83. The second-order valence-corrected chi connectivity index (χ2v) is 6.65. The lowest BCUT2D eigenvalue weighted by Gasteiger charge is -2.13. The smallest absolute Gasteiger partial charge is 0.283 e. The van der Waals surface area contributed by atoms with E-state index in [1.54, 1.807) is 6.07 Å². The van der Waals surface area contributed by atoms with E-state index in [9.17, 15) is 14.3 Å². The second-order valence-electron chi connectivity index (χ2n) is 5.67. The van der Waals surface area contributed by atoms with E-state index in [1.165, 1.54) is 31.4 Å². The van der Waals surface area contributed by atoms with Gasteiger partial charge in [-0.3, -0.25) is 4.79 Å². The minimum absolute atomic E-state index is 0.116. The Labute approximate surface area is 148 Å². The summed E-state index contributed by atoms with van der Waals surface area (Å²) >= 11 is 0.970. The second kappa shape index (κ2) is 6.64. The monoisotopic (exact) mass is 357 g/mol. The van der Waals surface area contributed by atoms with Crippen LogP contribution in [0, 0.1) is 19.7 Å². The summed E-state index contributed by atoms with van der Waals surface area (Å²) < 4.78 is 18.4. The SMILES string of the molecule is COc1cc(C)cc(C)c1-c1c(O)sc(-c2ccc(F)cc2)nc1=O. The summed E-state index contributed by atoms with van der Waals surface area (Å²) in [5.74, 6) is 0.130. The number of benzene rings is 2. The van der Waals surface area contributed by atoms with E-state index in [0.717, 1.165) is 22.5 Å². The molecule has 0 bridgehead atoms. The number of ether oxygens (including phenoxy) is 1. The standard InChI is InChI=1S/C19H16FNO3S/c1-10-8-11(2)15(14(9-10)24-3)16-17(22)21-18(25-19(16)23)12-4-6-13(20)7-5-12/h4-9,23H,1-3H3. The normalized spacial score (nSPS) is 10.7. The first-order valence-corrected chi connectivity index (χ1v) is 8.38. The van der Waals surface area contributed by atoms with Crippen LogP contribution in [0.2, 0.25) is 0 Å². The fraction of sp³-hybridized carbons (Fsp3) is 0.158. The molecule has 1 heterocycles. The van der Waals surface area contributed by atoms with Crippen molar-refractivity contribution in [1.82, 2.24) is 4.98 Å². The summed E-state index contributed by atoms with van der Waals surface area (Å²) in [6.45, 7) is 3.78. The molecule has 0 unspecified atom stereocenters. The van der Waals surface area contributed by atoms with Crippen LogP contribution in [0.15, 0.2) is 41.2 Å². The first kappa shape index (κ1) is 17.1. The molecule has 25 heavy (non-hydrogen) atoms. The van der Waals surface area contributed by atoms with E-state index < -0.39 is 5.56 Å². The molecule has 0 amide bonds. The van der Waals surface area contributed by atoms with Gasteiger partial charge in [-0.1, -0.05) is 17.4 Å². The zero-order valence-electron chi connectivity index (χ0n) is 14.0. The number of aryl methyl sites for hydroxylation is 2. The van der Waals surface area contributed by atoms with Crippen molar-refractivity contribution in [2.75, 3.05) is 7.11 Å². The van der Waals surface area contributed by atoms with E-state index in [4.69, 9.17) is 4.74 Å². The fourth-order valence-electron chi connectivity index (χ4n) is 2.74. The van der Waals surface area contributed by atoms with Crippen LogP contribution in [-0.4, -0.2) is 17.2 Å². The van der Waals surface area contributed by atoms with Gasteiger partial charge in [-0.25, -0.2) is 4.39 Å². The number of aromatic hydroxyl groups is 1. The quantitative estimate of drug-likeness (QED) is 0.759. The average molecular weight is 357 g/mol. The summed E-state index contributed by atoms with van der Waals surface area (Å²) in [6.07, 6.45) is 0. The van der Waals surface area contributed by atoms with Crippen molar-refractivity contribution in [1.29, 1.82) is 0 Å². The Balaban J connectivity index is 2.20. The lowest BCUT2D eigenvalue weighted by molar-refractivity contribution is 0.415. The molecular formula is C19H16FNO3S. The van der Waals surface area contributed by atoms with Crippen LogP contribution in [0.25, 0.3) is 21.7 Å². The Morgan fingerprint density at radius 3 is 2.40 bits per heavy atom. The van der Waals surface area contributed by atoms with Crippen LogP contribution in [0.3, 0.4) is 0 Å². The van der Waals surface area contributed by atoms with Crippen LogP contribution in [-0.2, 0) is 0 Å². The van der Waals surface area contributed by atoms with E-state index in [2.05, 4.69) is 4.98 Å². The Hall–Kier alpha value is -2.73. The van der Waals surface area contributed by atoms with Crippen LogP contribution >= 0.6 is 11.3 Å². The highest BCUT2D eigenvalue weighted by atomic mass is 32.1. The molecule has 0 saturated heterocycles. The van der Waals surface area contributed by atoms with Gasteiger partial charge in [0.1, 0.15) is 22.1 Å². The summed E-state index contributed by atoms with van der Waals surface area (Å²) in [7, 11) is 1.52. The zero-order valence-corrected chi connectivity index (χ0v) is 14.8. The fourth-order valence-corrected chi connectivity index (χ4v) is 3.60. The topological polar surface area (TPSA) is 59.4 Å². The first-order chi connectivity index (χ1) is 11.9. The van der Waals surface area contributed by atoms with Gasteiger partial charge in [-0.2, -0.15) is 4.98 Å². The number of hydrogen-bond acceptors (Lipinski definition) is 5. The van der Waals surface area contributed by atoms with Gasteiger partial charge in [0.05, 0.1) is 7.11 Å². The molecule has 3 rings (SSSR count). The highest BCUT2D eigenvalue weighted by molar-refractivity contribution is 7.16. The van der Waals surface area contributed by atoms with Crippen molar-refractivity contribution < 1.29 is 14.2 Å². The van der Waals surface area contributed by atoms with E-state index in [0.29, 0.717) is 21.9 Å². The molecule has 0 fully saturated rings. The number of methoxy groups -OCH3 is 1. The third kappa shape index (κ3) is 3.25. The van der Waals surface area contributed by atoms with Crippen LogP contribution in [0.4, 0.5) is 4.39 Å². The van der Waals surface area contributed by atoms with Crippen LogP contribution in [0.1, 0.15) is 11.1 Å². The van der Waals surface area contributed by atoms with Gasteiger partial charge in [0.25, 0.3) is 5.56 Å². The van der Waals surface area contributed by atoms with Crippen molar-refractivity contribution in [3.05, 3.63) is 63.7 Å². The average Bonchev–Trinajstić information content (AvgIpc) is 2.56. The van der Waals surface area contributed by atoms with Gasteiger partial charge in [-0.15, -0.1) is 0 Å². The maximum Gasteiger partial charge on any atom is 0.283 e. The van der Waals surface area contributed by atoms with Crippen molar-refractivity contribution in [2.45, 2.75) is 13.8 Å². The predicted molar refractivity (Wildman–Crippen MR) is 96.9 cm³/mol. The number of halogens is 1. The molecule has 1 N–H and O–H groups in total. The lowest BCUT2D eigenvalue weighted by Crippen LogP contribution is -2.10. The Morgan fingerprint density at radius 2 is 1.80 bits per heavy atom. The minimum Gasteiger partial charge on any atom is -0.499 e. The van der Waals surface area contributed by atoms with Crippen molar-refractivity contribution in [3.63, 3.8) is 0 Å². The summed E-state index contributed by atoms with van der Waals surface area (Å²) in [5, 5.41) is 10.7. The van der Waals surface area contributed by atoms with Gasteiger partial charge in [0.15, 0.2) is 5.06 Å². The molecule has 1 aromatic heterocycles. The van der Waals surface area contributed by atoms with Crippen LogP contribution < -0.4 is 10.3 Å². The molecule has 0 spiro atoms. The molecule has 0 aliphatic carbocycles. The number of rotatable bonds is 3. The van der Waals surface area contributed by atoms with Crippen molar-refractivity contribution in [3.8, 4) is 32.5 Å². The van der Waals surface area contributed by atoms with Gasteiger partial charge in [0.2, 0.25) is 0 Å². The molecule has 2 aromatic carbocycles. The third-order valence-corrected chi connectivity index (χ3v) is 4.75. The van der Waals surface area contributed by atoms with Crippen LogP contribution in [0.5, 0.6) is 10.8 Å². The number of hydrogen-bond donors (Lipinski definition) is 1. The lowest BCUT2D eigenvalue weighted by atomic mass is 9.99. The molecule has 128 valence electrons. The maximum atomic E-state index is 13.1. The van der Waals surface area contributed by atoms with Gasteiger partial charge >= 0.3 is 0 Å². The molecule has 0 aliphatic heterocycles. The summed E-state index contributed by atoms with van der Waals surface area (Å²) in [4.78, 5) is 16.7. The number of nitrogens with zero attached hydrogens (tertiary/aromatic N) is 1. The Bertz CT molecular complexity index is 997. The molecule has 0 saturated carbocycles. The van der Waals surface area contributed by atoms with E-state index in [1.807, 2.05) is 19.9 Å². The highest BCUT2D eigenvalue weighted by Crippen LogP contribution is 2.40. The zero-order chi connectivity index (χ0) is 18.1. The first-order valence-electron chi connectivity index (χ1n) is 7.56. The molecule has 0 radical (unpaired) electrons. The maximum absolute atomic E-state index is 13.1. The molecule has 6 heteroatoms. The molecule has 3 aromatic rings. The molecule has 0 aliphatic rings. The van der Waals surface area contributed by atoms with E-state index in [-0.39, 0.29) is 16.4 Å². The molecule has 0 atom stereocenters. The van der Waals surface area contributed by atoms with Gasteiger partial charge < -0.3 is 9.84 Å². The molecule has 4 nitrogen and oxygen atoms in total. The van der Waals surface area contributed by atoms with Crippen molar-refractivity contribution in [2.24, 2.45) is 0 Å². The summed E-state index contributed by atoms with van der Waals surface area (Å²) in [6, 6.07) is 9.32. The van der Waals surface area contributed by atoms with Gasteiger partial charge in [0, 0.05) is 11.1 Å². The van der Waals surface area contributed by atoms with Crippen molar-refractivity contribution >= 4 is 11.3 Å². The number of aromatic nitrogens is 1. The molecular weight excluding hydrogens is 341 g/mol. The largest absolute Gasteiger partial charge is 0.499 e. The Kier molecular flexibility index (Phi) is 4.55. The predicted octanol–water partition coefficient (Wildman–Crippen LogP) is 4.31. The Morgan fingerprint density at radius 1 is 1.12 bits per heavy atom. The highest BCUT2D eigenvalue weighted by Gasteiger charge is 2.20. The minimum atomic E-state index is -0.555.